The van der Waals surface area contributed by atoms with Gasteiger partial charge in [-0.05, 0) is 31.9 Å². The third-order valence-corrected chi connectivity index (χ3v) is 3.28. The Labute approximate surface area is 153 Å². The molecular weight excluding hydrogens is 420 g/mol. The zero-order chi connectivity index (χ0) is 16.6. The van der Waals surface area contributed by atoms with E-state index >= 15 is 0 Å². The maximum atomic E-state index is 12.1. The van der Waals surface area contributed by atoms with Crippen LogP contribution < -0.4 is 5.32 Å². The highest BCUT2D eigenvalue weighted by Gasteiger charge is 2.25. The van der Waals surface area contributed by atoms with Crippen LogP contribution in [0.25, 0.3) is 0 Å². The standard InChI is InChI=1S/C15H25F3N4.HI/c1-4-19-14(20-10-6-5-9-15(16,17)18)22(3)12-13-8-7-11-21(13)2;/h7-8,11H,4-6,9-10,12H2,1-3H3,(H,19,20);1H. The van der Waals surface area contributed by atoms with Crippen molar-refractivity contribution in [1.29, 1.82) is 0 Å². The second kappa shape index (κ2) is 10.8. The summed E-state index contributed by atoms with van der Waals surface area (Å²) in [6.45, 7) is 3.78. The van der Waals surface area contributed by atoms with Gasteiger partial charge in [0.15, 0.2) is 5.96 Å². The molecule has 0 radical (unpaired) electrons. The Morgan fingerprint density at radius 2 is 2.04 bits per heavy atom. The minimum Gasteiger partial charge on any atom is -0.357 e. The fourth-order valence-electron chi connectivity index (χ4n) is 2.07. The lowest BCUT2D eigenvalue weighted by Crippen LogP contribution is -2.38. The number of alkyl halides is 3. The maximum Gasteiger partial charge on any atom is 0.389 e. The average molecular weight is 446 g/mol. The maximum absolute atomic E-state index is 12.1. The molecule has 0 atom stereocenters. The molecule has 1 aromatic rings. The van der Waals surface area contributed by atoms with Gasteiger partial charge >= 0.3 is 6.18 Å². The van der Waals surface area contributed by atoms with Crippen LogP contribution in [0.1, 0.15) is 31.9 Å². The Bertz CT molecular complexity index is 472. The van der Waals surface area contributed by atoms with Crippen molar-refractivity contribution < 1.29 is 13.2 Å². The van der Waals surface area contributed by atoms with E-state index in [1.54, 1.807) is 0 Å². The van der Waals surface area contributed by atoms with E-state index < -0.39 is 12.6 Å². The summed E-state index contributed by atoms with van der Waals surface area (Å²) >= 11 is 0. The summed E-state index contributed by atoms with van der Waals surface area (Å²) in [5.41, 5.74) is 1.14. The first-order valence-corrected chi connectivity index (χ1v) is 7.50. The molecule has 0 aromatic carbocycles. The number of rotatable bonds is 7. The number of nitrogens with one attached hydrogen (secondary N) is 1. The van der Waals surface area contributed by atoms with Gasteiger partial charge in [-0.3, -0.25) is 4.99 Å². The zero-order valence-corrected chi connectivity index (χ0v) is 16.2. The number of aliphatic imine (C=N–C) groups is 1. The highest BCUT2D eigenvalue weighted by Crippen LogP contribution is 2.22. The summed E-state index contributed by atoms with van der Waals surface area (Å²) in [5.74, 6) is 0.718. The molecule has 4 nitrogen and oxygen atoms in total. The number of aryl methyl sites for hydroxylation is 1. The first-order valence-electron chi connectivity index (χ1n) is 7.50. The van der Waals surface area contributed by atoms with Crippen LogP contribution >= 0.6 is 24.0 Å². The lowest BCUT2D eigenvalue weighted by Gasteiger charge is -2.22. The number of hydrogen-bond acceptors (Lipinski definition) is 1. The van der Waals surface area contributed by atoms with Crippen LogP contribution in [0.2, 0.25) is 0 Å². The van der Waals surface area contributed by atoms with Gasteiger partial charge in [-0.2, -0.15) is 13.2 Å². The number of guanidine groups is 1. The summed E-state index contributed by atoms with van der Waals surface area (Å²) in [6.07, 6.45) is -2.28. The minimum atomic E-state index is -4.07. The van der Waals surface area contributed by atoms with E-state index in [9.17, 15) is 13.2 Å². The SMILES string of the molecule is CCNC(=NCCCCC(F)(F)F)N(C)Cc1cccn1C.I. The summed E-state index contributed by atoms with van der Waals surface area (Å²) < 4.78 is 38.3. The monoisotopic (exact) mass is 446 g/mol. The molecule has 0 aliphatic carbocycles. The third kappa shape index (κ3) is 9.07. The molecule has 1 rings (SSSR count). The van der Waals surface area contributed by atoms with E-state index in [1.165, 1.54) is 0 Å². The molecule has 0 unspecified atom stereocenters. The Hall–Kier alpha value is -0.930. The first kappa shape index (κ1) is 22.1. The van der Waals surface area contributed by atoms with Crippen molar-refractivity contribution in [2.75, 3.05) is 20.1 Å². The highest BCUT2D eigenvalue weighted by atomic mass is 127. The Morgan fingerprint density at radius 1 is 1.35 bits per heavy atom. The highest BCUT2D eigenvalue weighted by molar-refractivity contribution is 14.0. The van der Waals surface area contributed by atoms with E-state index in [1.807, 2.05) is 48.8 Å². The predicted octanol–water partition coefficient (Wildman–Crippen LogP) is 3.77. The Morgan fingerprint density at radius 3 is 2.57 bits per heavy atom. The average Bonchev–Trinajstić information content (AvgIpc) is 2.81. The molecule has 1 heterocycles. The van der Waals surface area contributed by atoms with Crippen molar-refractivity contribution in [2.24, 2.45) is 12.0 Å². The van der Waals surface area contributed by atoms with Gasteiger partial charge in [0.2, 0.25) is 0 Å². The zero-order valence-electron chi connectivity index (χ0n) is 13.9. The minimum absolute atomic E-state index is 0. The molecule has 134 valence electrons. The summed E-state index contributed by atoms with van der Waals surface area (Å²) in [5, 5.41) is 3.17. The van der Waals surface area contributed by atoms with Crippen LogP contribution in [-0.4, -0.2) is 41.7 Å². The van der Waals surface area contributed by atoms with Crippen LogP contribution in [0.5, 0.6) is 0 Å². The lowest BCUT2D eigenvalue weighted by atomic mass is 10.2. The van der Waals surface area contributed by atoms with Gasteiger partial charge < -0.3 is 14.8 Å². The van der Waals surface area contributed by atoms with Gasteiger partial charge in [-0.15, -0.1) is 24.0 Å². The molecule has 0 fully saturated rings. The molecule has 0 saturated carbocycles. The Balaban J connectivity index is 0.00000484. The number of nitrogens with zero attached hydrogens (tertiary/aromatic N) is 3. The van der Waals surface area contributed by atoms with E-state index in [0.717, 1.165) is 18.2 Å². The molecule has 1 aromatic heterocycles. The van der Waals surface area contributed by atoms with Gasteiger partial charge in [0.05, 0.1) is 6.54 Å². The van der Waals surface area contributed by atoms with Crippen LogP contribution in [0, 0.1) is 0 Å². The van der Waals surface area contributed by atoms with Crippen LogP contribution in [0.15, 0.2) is 23.3 Å². The van der Waals surface area contributed by atoms with Crippen molar-refractivity contribution in [3.63, 3.8) is 0 Å². The number of aromatic nitrogens is 1. The van der Waals surface area contributed by atoms with Gasteiger partial charge in [-0.25, -0.2) is 0 Å². The topological polar surface area (TPSA) is 32.6 Å². The lowest BCUT2D eigenvalue weighted by molar-refractivity contribution is -0.135. The van der Waals surface area contributed by atoms with Gasteiger partial charge in [-0.1, -0.05) is 0 Å². The first-order chi connectivity index (χ1) is 10.3. The fraction of sp³-hybridized carbons (Fsp3) is 0.667. The van der Waals surface area contributed by atoms with Crippen molar-refractivity contribution in [1.82, 2.24) is 14.8 Å². The molecule has 23 heavy (non-hydrogen) atoms. The summed E-state index contributed by atoms with van der Waals surface area (Å²) in [6, 6.07) is 4.01. The quantitative estimate of drug-likeness (QED) is 0.300. The second-order valence-corrected chi connectivity index (χ2v) is 5.27. The van der Waals surface area contributed by atoms with Crippen LogP contribution in [0.3, 0.4) is 0 Å². The molecule has 0 saturated heterocycles. The van der Waals surface area contributed by atoms with E-state index in [0.29, 0.717) is 19.5 Å². The van der Waals surface area contributed by atoms with Gasteiger partial charge in [0, 0.05) is 45.5 Å². The molecular formula is C15H26F3IN4. The molecule has 0 aliphatic rings. The molecule has 0 aliphatic heterocycles. The second-order valence-electron chi connectivity index (χ2n) is 5.27. The Kier molecular flexibility index (Phi) is 10.3. The van der Waals surface area contributed by atoms with Crippen molar-refractivity contribution in [3.05, 3.63) is 24.0 Å². The predicted molar refractivity (Wildman–Crippen MR) is 98.2 cm³/mol. The van der Waals surface area contributed by atoms with Crippen LogP contribution in [-0.2, 0) is 13.6 Å². The molecule has 0 amide bonds. The number of hydrogen-bond donors (Lipinski definition) is 1. The molecule has 0 spiro atoms. The summed E-state index contributed by atoms with van der Waals surface area (Å²) in [7, 11) is 3.90. The van der Waals surface area contributed by atoms with Gasteiger partial charge in [0.25, 0.3) is 0 Å². The normalized spacial score (nSPS) is 12.0. The molecule has 1 N–H and O–H groups in total. The third-order valence-electron chi connectivity index (χ3n) is 3.28. The van der Waals surface area contributed by atoms with Crippen LogP contribution in [0.4, 0.5) is 13.2 Å². The summed E-state index contributed by atoms with van der Waals surface area (Å²) in [4.78, 5) is 6.37. The number of halogens is 4. The van der Waals surface area contributed by atoms with E-state index in [4.69, 9.17) is 0 Å². The van der Waals surface area contributed by atoms with Crippen molar-refractivity contribution in [3.8, 4) is 0 Å². The van der Waals surface area contributed by atoms with Crippen molar-refractivity contribution in [2.45, 2.75) is 38.9 Å². The molecule has 8 heteroatoms. The largest absolute Gasteiger partial charge is 0.389 e. The fourth-order valence-corrected chi connectivity index (χ4v) is 2.07. The molecule has 0 bridgehead atoms. The number of unbranched alkanes of at least 4 members (excludes halogenated alkanes) is 1. The van der Waals surface area contributed by atoms with Crippen molar-refractivity contribution >= 4 is 29.9 Å². The smallest absolute Gasteiger partial charge is 0.357 e. The van der Waals surface area contributed by atoms with E-state index in [-0.39, 0.29) is 30.4 Å². The van der Waals surface area contributed by atoms with E-state index in [2.05, 4.69) is 10.3 Å². The van der Waals surface area contributed by atoms with Gasteiger partial charge in [0.1, 0.15) is 0 Å².